The topological polar surface area (TPSA) is 29.0 Å². The first-order valence-corrected chi connectivity index (χ1v) is 6.14. The molecule has 0 N–H and O–H groups in total. The van der Waals surface area contributed by atoms with E-state index in [1.54, 1.807) is 0 Å². The molecule has 1 saturated heterocycles. The van der Waals surface area contributed by atoms with Gasteiger partial charge in [0.15, 0.2) is 5.69 Å². The van der Waals surface area contributed by atoms with Crippen molar-refractivity contribution in [3.8, 4) is 0 Å². The van der Waals surface area contributed by atoms with Crippen LogP contribution in [0.15, 0.2) is 6.07 Å². The fourth-order valence-electron chi connectivity index (χ4n) is 2.14. The Labute approximate surface area is 108 Å². The largest absolute Gasteiger partial charge is 0.433 e. The second kappa shape index (κ2) is 4.91. The van der Waals surface area contributed by atoms with Crippen LogP contribution in [0, 0.1) is 0 Å². The van der Waals surface area contributed by atoms with Crippen molar-refractivity contribution in [2.24, 2.45) is 0 Å². The molecule has 0 aliphatic carbocycles. The number of hydrogen-bond donors (Lipinski definition) is 0. The molecule has 0 spiro atoms. The summed E-state index contributed by atoms with van der Waals surface area (Å²) in [6, 6.07) is 1.14. The number of alkyl halides is 3. The molecule has 0 aromatic carbocycles. The molecule has 1 aromatic heterocycles. The quantitative estimate of drug-likeness (QED) is 0.737. The predicted molar refractivity (Wildman–Crippen MR) is 62.7 cm³/mol. The van der Waals surface area contributed by atoms with Gasteiger partial charge in [-0.25, -0.2) is 9.97 Å². The molecule has 0 radical (unpaired) electrons. The normalized spacial score (nSPS) is 21.2. The summed E-state index contributed by atoms with van der Waals surface area (Å²) in [7, 11) is 0. The van der Waals surface area contributed by atoms with Crippen LogP contribution in [0.5, 0.6) is 0 Å². The lowest BCUT2D eigenvalue weighted by molar-refractivity contribution is -0.141. The summed E-state index contributed by atoms with van der Waals surface area (Å²) in [6.45, 7) is 2.67. The third kappa shape index (κ3) is 2.85. The molecule has 2 heterocycles. The highest BCUT2D eigenvalue weighted by atomic mass is 35.5. The number of hydrogen-bond acceptors (Lipinski definition) is 3. The molecular formula is C11H13ClF3N3. The van der Waals surface area contributed by atoms with Gasteiger partial charge in [0.2, 0.25) is 5.28 Å². The summed E-state index contributed by atoms with van der Waals surface area (Å²) in [5.41, 5.74) is -0.990. The minimum absolute atomic E-state index is 0.172. The molecule has 7 heteroatoms. The molecule has 1 aliphatic heterocycles. The zero-order valence-electron chi connectivity index (χ0n) is 9.84. The zero-order valence-corrected chi connectivity index (χ0v) is 10.6. The highest BCUT2D eigenvalue weighted by Gasteiger charge is 2.34. The molecule has 0 saturated carbocycles. The number of anilines is 1. The zero-order chi connectivity index (χ0) is 13.3. The van der Waals surface area contributed by atoms with E-state index in [0.29, 0.717) is 6.54 Å². The Bertz CT molecular complexity index is 436. The van der Waals surface area contributed by atoms with Crippen LogP contribution in [0.3, 0.4) is 0 Å². The van der Waals surface area contributed by atoms with Gasteiger partial charge in [-0.05, 0) is 37.8 Å². The van der Waals surface area contributed by atoms with Crippen LogP contribution in [0.4, 0.5) is 19.0 Å². The minimum atomic E-state index is -4.50. The van der Waals surface area contributed by atoms with Crippen molar-refractivity contribution in [2.45, 2.75) is 38.4 Å². The van der Waals surface area contributed by atoms with Crippen LogP contribution in [0.25, 0.3) is 0 Å². The van der Waals surface area contributed by atoms with Gasteiger partial charge in [-0.2, -0.15) is 13.2 Å². The average molecular weight is 280 g/mol. The SMILES string of the molecule is CC1CCCCN1c1cc(C(F)(F)F)nc(Cl)n1. The fraction of sp³-hybridized carbons (Fsp3) is 0.636. The summed E-state index contributed by atoms with van der Waals surface area (Å²) < 4.78 is 37.9. The maximum absolute atomic E-state index is 12.6. The van der Waals surface area contributed by atoms with Crippen molar-refractivity contribution in [3.63, 3.8) is 0 Å². The van der Waals surface area contributed by atoms with Crippen LogP contribution in [0.1, 0.15) is 31.9 Å². The predicted octanol–water partition coefficient (Wildman–Crippen LogP) is 3.53. The summed E-state index contributed by atoms with van der Waals surface area (Å²) in [5, 5.41) is -0.363. The van der Waals surface area contributed by atoms with Crippen LogP contribution < -0.4 is 4.90 Å². The van der Waals surface area contributed by atoms with Crippen molar-refractivity contribution >= 4 is 17.4 Å². The Morgan fingerprint density at radius 2 is 2.06 bits per heavy atom. The molecule has 1 aliphatic rings. The van der Waals surface area contributed by atoms with E-state index in [0.717, 1.165) is 25.3 Å². The highest BCUT2D eigenvalue weighted by Crippen LogP contribution is 2.32. The monoisotopic (exact) mass is 279 g/mol. The van der Waals surface area contributed by atoms with Gasteiger partial charge in [0.1, 0.15) is 5.82 Å². The van der Waals surface area contributed by atoms with Crippen molar-refractivity contribution < 1.29 is 13.2 Å². The Kier molecular flexibility index (Phi) is 3.66. The Morgan fingerprint density at radius 1 is 1.33 bits per heavy atom. The van der Waals surface area contributed by atoms with Gasteiger partial charge in [-0.3, -0.25) is 0 Å². The second-order valence-corrected chi connectivity index (χ2v) is 4.75. The summed E-state index contributed by atoms with van der Waals surface area (Å²) in [4.78, 5) is 8.98. The molecular weight excluding hydrogens is 267 g/mol. The average Bonchev–Trinajstić information content (AvgIpc) is 2.27. The van der Waals surface area contributed by atoms with Crippen LogP contribution in [-0.2, 0) is 6.18 Å². The van der Waals surface area contributed by atoms with E-state index in [1.165, 1.54) is 0 Å². The lowest BCUT2D eigenvalue weighted by Crippen LogP contribution is -2.38. The molecule has 1 fully saturated rings. The van der Waals surface area contributed by atoms with Crippen molar-refractivity contribution in [1.82, 2.24) is 9.97 Å². The second-order valence-electron chi connectivity index (χ2n) is 4.42. The first-order valence-electron chi connectivity index (χ1n) is 5.76. The van der Waals surface area contributed by atoms with Crippen molar-refractivity contribution in [2.75, 3.05) is 11.4 Å². The summed E-state index contributed by atoms with van der Waals surface area (Å²) in [5.74, 6) is 0.259. The van der Waals surface area contributed by atoms with E-state index in [-0.39, 0.29) is 17.1 Å². The molecule has 3 nitrogen and oxygen atoms in total. The molecule has 0 amide bonds. The minimum Gasteiger partial charge on any atom is -0.354 e. The van der Waals surface area contributed by atoms with E-state index in [1.807, 2.05) is 11.8 Å². The van der Waals surface area contributed by atoms with Crippen molar-refractivity contribution in [3.05, 3.63) is 17.0 Å². The standard InChI is InChI=1S/C11H13ClF3N3/c1-7-4-2-3-5-18(7)9-6-8(11(13,14)15)16-10(12)17-9/h6-7H,2-5H2,1H3. The Morgan fingerprint density at radius 3 is 2.67 bits per heavy atom. The van der Waals surface area contributed by atoms with E-state index >= 15 is 0 Å². The van der Waals surface area contributed by atoms with Gasteiger partial charge < -0.3 is 4.90 Å². The van der Waals surface area contributed by atoms with Crippen LogP contribution in [0.2, 0.25) is 5.28 Å². The van der Waals surface area contributed by atoms with E-state index in [9.17, 15) is 13.2 Å². The molecule has 1 aromatic rings. The van der Waals surface area contributed by atoms with Crippen molar-refractivity contribution in [1.29, 1.82) is 0 Å². The molecule has 1 atom stereocenters. The van der Waals surface area contributed by atoms with E-state index in [4.69, 9.17) is 11.6 Å². The third-order valence-corrected chi connectivity index (χ3v) is 3.24. The number of halogens is 4. The molecule has 2 rings (SSSR count). The molecule has 0 bridgehead atoms. The molecule has 1 unspecified atom stereocenters. The Hall–Kier alpha value is -1.04. The maximum atomic E-state index is 12.6. The first kappa shape index (κ1) is 13.4. The molecule has 100 valence electrons. The highest BCUT2D eigenvalue weighted by molar-refractivity contribution is 6.28. The van der Waals surface area contributed by atoms with Gasteiger partial charge in [-0.15, -0.1) is 0 Å². The lowest BCUT2D eigenvalue weighted by Gasteiger charge is -2.34. The number of rotatable bonds is 1. The van der Waals surface area contributed by atoms with Gasteiger partial charge in [0.05, 0.1) is 0 Å². The van der Waals surface area contributed by atoms with Crippen LogP contribution >= 0.6 is 11.6 Å². The van der Waals surface area contributed by atoms with Gasteiger partial charge >= 0.3 is 6.18 Å². The number of nitrogens with zero attached hydrogens (tertiary/aromatic N) is 3. The number of piperidine rings is 1. The van der Waals surface area contributed by atoms with E-state index in [2.05, 4.69) is 9.97 Å². The smallest absolute Gasteiger partial charge is 0.354 e. The molecule has 18 heavy (non-hydrogen) atoms. The summed E-state index contributed by atoms with van der Waals surface area (Å²) >= 11 is 5.57. The van der Waals surface area contributed by atoms with E-state index < -0.39 is 11.9 Å². The maximum Gasteiger partial charge on any atom is 0.433 e. The van der Waals surface area contributed by atoms with Gasteiger partial charge in [0, 0.05) is 18.7 Å². The Balaban J connectivity index is 2.35. The summed E-state index contributed by atoms with van der Waals surface area (Å²) in [6.07, 6.45) is -1.51. The first-order chi connectivity index (χ1) is 8.38. The van der Waals surface area contributed by atoms with Gasteiger partial charge in [0.25, 0.3) is 0 Å². The van der Waals surface area contributed by atoms with Gasteiger partial charge in [-0.1, -0.05) is 0 Å². The third-order valence-electron chi connectivity index (χ3n) is 3.07. The number of aromatic nitrogens is 2. The fourth-order valence-corrected chi connectivity index (χ4v) is 2.31. The lowest BCUT2D eigenvalue weighted by atomic mass is 10.0. The van der Waals surface area contributed by atoms with Crippen LogP contribution in [-0.4, -0.2) is 22.6 Å².